The van der Waals surface area contributed by atoms with Crippen LogP contribution in [0.15, 0.2) is 21.5 Å². The first-order valence-corrected chi connectivity index (χ1v) is 5.53. The summed E-state index contributed by atoms with van der Waals surface area (Å²) in [5.41, 5.74) is -0.994. The van der Waals surface area contributed by atoms with Crippen LogP contribution >= 0.6 is 27.7 Å². The Balaban J connectivity index is 3.26. The molecule has 0 aliphatic carbocycles. The number of hydrogen-bond acceptors (Lipinski definition) is 2. The molecule has 0 saturated heterocycles. The predicted molar refractivity (Wildman–Crippen MR) is 55.5 cm³/mol. The summed E-state index contributed by atoms with van der Waals surface area (Å²) in [6.07, 6.45) is -4.73. The average molecular weight is 340 g/mol. The highest BCUT2D eigenvalue weighted by molar-refractivity contribution is 9.10. The summed E-state index contributed by atoms with van der Waals surface area (Å²) in [4.78, 5) is -0.681. The second kappa shape index (κ2) is 4.60. The first kappa shape index (κ1) is 14.5. The average Bonchev–Trinajstić information content (AvgIpc) is 2.08. The van der Waals surface area contributed by atoms with Gasteiger partial charge in [0.1, 0.15) is 0 Å². The van der Waals surface area contributed by atoms with Crippen LogP contribution in [0.1, 0.15) is 5.56 Å². The molecule has 0 atom stereocenters. The van der Waals surface area contributed by atoms with E-state index in [1.54, 1.807) is 0 Å². The van der Waals surface area contributed by atoms with Crippen molar-refractivity contribution >= 4 is 33.4 Å². The van der Waals surface area contributed by atoms with Crippen LogP contribution in [0.3, 0.4) is 0 Å². The molecule has 0 fully saturated rings. The predicted octanol–water partition coefficient (Wildman–Crippen LogP) is 4.66. The molecule has 17 heavy (non-hydrogen) atoms. The molecule has 0 spiro atoms. The van der Waals surface area contributed by atoms with Crippen molar-refractivity contribution in [3.05, 3.63) is 22.2 Å². The van der Waals surface area contributed by atoms with Gasteiger partial charge in [-0.1, -0.05) is 0 Å². The highest BCUT2D eigenvalue weighted by Crippen LogP contribution is 2.44. The van der Waals surface area contributed by atoms with E-state index >= 15 is 0 Å². The van der Waals surface area contributed by atoms with Crippen LogP contribution < -0.4 is 5.73 Å². The smallest absolute Gasteiger partial charge is 0.397 e. The standard InChI is InChI=1S/C8H4BrF6NS/c9-4-1-3(7(10,11)12)2-5(6(4)16)17-8(13,14)15/h1-2H,16H2. The minimum Gasteiger partial charge on any atom is -0.397 e. The van der Waals surface area contributed by atoms with Crippen LogP contribution in [0.25, 0.3) is 0 Å². The van der Waals surface area contributed by atoms with Gasteiger partial charge < -0.3 is 5.73 Å². The highest BCUT2D eigenvalue weighted by Gasteiger charge is 2.35. The van der Waals surface area contributed by atoms with E-state index < -0.39 is 33.9 Å². The molecule has 0 radical (unpaired) electrons. The lowest BCUT2D eigenvalue weighted by Crippen LogP contribution is -2.08. The molecular weight excluding hydrogens is 336 g/mol. The van der Waals surface area contributed by atoms with E-state index in [2.05, 4.69) is 15.9 Å². The fourth-order valence-electron chi connectivity index (χ4n) is 0.965. The monoisotopic (exact) mass is 339 g/mol. The fourth-order valence-corrected chi connectivity index (χ4v) is 2.21. The molecule has 1 aromatic carbocycles. The first-order chi connectivity index (χ1) is 7.50. The zero-order valence-electron chi connectivity index (χ0n) is 7.79. The molecule has 0 aliphatic rings. The van der Waals surface area contributed by atoms with Crippen LogP contribution in [0.4, 0.5) is 32.0 Å². The van der Waals surface area contributed by atoms with Gasteiger partial charge in [0.25, 0.3) is 0 Å². The van der Waals surface area contributed by atoms with Crippen molar-refractivity contribution in [3.8, 4) is 0 Å². The van der Waals surface area contributed by atoms with E-state index in [-0.39, 0.29) is 10.2 Å². The lowest BCUT2D eigenvalue weighted by molar-refractivity contribution is -0.137. The quantitative estimate of drug-likeness (QED) is 0.457. The SMILES string of the molecule is Nc1c(Br)cc(C(F)(F)F)cc1SC(F)(F)F. The molecule has 1 rings (SSSR count). The van der Waals surface area contributed by atoms with Gasteiger partial charge in [-0.3, -0.25) is 0 Å². The maximum absolute atomic E-state index is 12.4. The maximum atomic E-state index is 12.4. The highest BCUT2D eigenvalue weighted by atomic mass is 79.9. The van der Waals surface area contributed by atoms with Crippen LogP contribution in [-0.4, -0.2) is 5.51 Å². The second-order valence-corrected chi connectivity index (χ2v) is 4.88. The van der Waals surface area contributed by atoms with Crippen molar-refractivity contribution in [2.75, 3.05) is 5.73 Å². The van der Waals surface area contributed by atoms with Gasteiger partial charge in [0.05, 0.1) is 11.3 Å². The molecule has 96 valence electrons. The van der Waals surface area contributed by atoms with Gasteiger partial charge in [-0.2, -0.15) is 26.3 Å². The summed E-state index contributed by atoms with van der Waals surface area (Å²) in [7, 11) is 0. The van der Waals surface area contributed by atoms with E-state index in [0.717, 1.165) is 0 Å². The van der Waals surface area contributed by atoms with Crippen LogP contribution in [-0.2, 0) is 6.18 Å². The Morgan fingerprint density at radius 2 is 1.59 bits per heavy atom. The topological polar surface area (TPSA) is 26.0 Å². The Kier molecular flexibility index (Phi) is 3.92. The van der Waals surface area contributed by atoms with E-state index in [0.29, 0.717) is 12.1 Å². The van der Waals surface area contributed by atoms with Crippen LogP contribution in [0.2, 0.25) is 0 Å². The summed E-state index contributed by atoms with van der Waals surface area (Å²) >= 11 is 2.01. The summed E-state index contributed by atoms with van der Waals surface area (Å²) in [6.45, 7) is 0. The van der Waals surface area contributed by atoms with Gasteiger partial charge >= 0.3 is 11.7 Å². The molecule has 0 heterocycles. The Bertz CT molecular complexity index is 427. The summed E-state index contributed by atoms with van der Waals surface area (Å²) in [5.74, 6) is 0. The van der Waals surface area contributed by atoms with Gasteiger partial charge in [0.15, 0.2) is 0 Å². The van der Waals surface area contributed by atoms with Gasteiger partial charge in [0.2, 0.25) is 0 Å². The summed E-state index contributed by atoms with van der Waals surface area (Å²) in [6, 6.07) is 1.01. The number of alkyl halides is 6. The third-order valence-electron chi connectivity index (χ3n) is 1.64. The van der Waals surface area contributed by atoms with Crippen LogP contribution in [0, 0.1) is 0 Å². The zero-order valence-corrected chi connectivity index (χ0v) is 10.2. The largest absolute Gasteiger partial charge is 0.446 e. The molecule has 0 bridgehead atoms. The van der Waals surface area contributed by atoms with Crippen LogP contribution in [0.5, 0.6) is 0 Å². The summed E-state index contributed by atoms with van der Waals surface area (Å²) in [5, 5.41) is 0. The molecule has 2 N–H and O–H groups in total. The molecule has 1 nitrogen and oxygen atoms in total. The molecule has 0 unspecified atom stereocenters. The van der Waals surface area contributed by atoms with E-state index in [4.69, 9.17) is 5.73 Å². The van der Waals surface area contributed by atoms with Crippen molar-refractivity contribution in [1.29, 1.82) is 0 Å². The second-order valence-electron chi connectivity index (χ2n) is 2.92. The normalized spacial score (nSPS) is 12.9. The minimum atomic E-state index is -4.73. The molecule has 0 amide bonds. The van der Waals surface area contributed by atoms with Gasteiger partial charge in [-0.15, -0.1) is 0 Å². The van der Waals surface area contributed by atoms with E-state index in [1.165, 1.54) is 0 Å². The Labute approximate surface area is 104 Å². The summed E-state index contributed by atoms with van der Waals surface area (Å²) < 4.78 is 73.1. The number of anilines is 1. The molecule has 9 heteroatoms. The number of hydrogen-bond donors (Lipinski definition) is 1. The number of rotatable bonds is 1. The Morgan fingerprint density at radius 1 is 1.06 bits per heavy atom. The van der Waals surface area contributed by atoms with Gasteiger partial charge in [-0.25, -0.2) is 0 Å². The van der Waals surface area contributed by atoms with Crippen molar-refractivity contribution in [1.82, 2.24) is 0 Å². The molecule has 1 aromatic rings. The Morgan fingerprint density at radius 3 is 2.00 bits per heavy atom. The number of nitrogens with two attached hydrogens (primary N) is 1. The lowest BCUT2D eigenvalue weighted by Gasteiger charge is -2.13. The van der Waals surface area contributed by atoms with Crippen molar-refractivity contribution in [2.24, 2.45) is 0 Å². The minimum absolute atomic E-state index is 0.223. The van der Waals surface area contributed by atoms with Crippen molar-refractivity contribution < 1.29 is 26.3 Å². The van der Waals surface area contributed by atoms with Gasteiger partial charge in [-0.05, 0) is 39.8 Å². The number of benzene rings is 1. The van der Waals surface area contributed by atoms with Crippen molar-refractivity contribution in [2.45, 2.75) is 16.6 Å². The zero-order chi connectivity index (χ0) is 13.4. The fraction of sp³-hybridized carbons (Fsp3) is 0.250. The molecule has 0 saturated carbocycles. The third-order valence-corrected chi connectivity index (χ3v) is 3.09. The number of nitrogen functional groups attached to an aromatic ring is 1. The van der Waals surface area contributed by atoms with Crippen molar-refractivity contribution in [3.63, 3.8) is 0 Å². The maximum Gasteiger partial charge on any atom is 0.446 e. The van der Waals surface area contributed by atoms with E-state index in [1.807, 2.05) is 0 Å². The third kappa shape index (κ3) is 3.98. The first-order valence-electron chi connectivity index (χ1n) is 3.92. The lowest BCUT2D eigenvalue weighted by atomic mass is 10.2. The molecule has 0 aliphatic heterocycles. The molecule has 0 aromatic heterocycles. The number of thioether (sulfide) groups is 1. The Hall–Kier alpha value is -0.570. The number of halogens is 7. The van der Waals surface area contributed by atoms with E-state index in [9.17, 15) is 26.3 Å². The van der Waals surface area contributed by atoms with Gasteiger partial charge in [0, 0.05) is 9.37 Å². The molecular formula is C8H4BrF6NS.